The molecule has 4 atom stereocenters. The van der Waals surface area contributed by atoms with E-state index < -0.39 is 36.6 Å². The Morgan fingerprint density at radius 3 is 2.29 bits per heavy atom. The summed E-state index contributed by atoms with van der Waals surface area (Å²) in [5.41, 5.74) is 2.87. The van der Waals surface area contributed by atoms with Crippen LogP contribution >= 0.6 is 0 Å². The summed E-state index contributed by atoms with van der Waals surface area (Å²) in [5, 5.41) is 37.4. The molecule has 0 aliphatic heterocycles. The van der Waals surface area contributed by atoms with Gasteiger partial charge in [0, 0.05) is 0 Å². The number of benzene rings is 1. The van der Waals surface area contributed by atoms with Crippen molar-refractivity contribution in [3.63, 3.8) is 0 Å². The smallest absolute Gasteiger partial charge is 0.363 e. The Morgan fingerprint density at radius 1 is 1.24 bits per heavy atom. The molecule has 0 radical (unpaired) electrons. The number of nitrogens with two attached hydrogens (primary N) is 2. The van der Waals surface area contributed by atoms with Crippen LogP contribution in [0.3, 0.4) is 0 Å². The first-order valence-corrected chi connectivity index (χ1v) is 5.96. The van der Waals surface area contributed by atoms with E-state index in [1.54, 1.807) is 18.2 Å². The second kappa shape index (κ2) is 7.43. The maximum absolute atomic E-state index is 12.0. The lowest BCUT2D eigenvalue weighted by atomic mass is 9.98. The van der Waals surface area contributed by atoms with Crippen LogP contribution < -0.4 is 16.4 Å². The molecule has 21 heavy (non-hydrogen) atoms. The zero-order chi connectivity index (χ0) is 16.0. The van der Waals surface area contributed by atoms with Gasteiger partial charge in [0.2, 0.25) is 0 Å². The fraction of sp³-hybridized carbons (Fsp3) is 0.417. The van der Waals surface area contributed by atoms with Crippen molar-refractivity contribution in [1.82, 2.24) is 0 Å². The Morgan fingerprint density at radius 2 is 1.81 bits per heavy atom. The molecule has 0 bridgehead atoms. The van der Waals surface area contributed by atoms with Gasteiger partial charge in [-0.25, -0.2) is 10.7 Å². The molecular weight excluding hydrogens is 284 g/mol. The van der Waals surface area contributed by atoms with Crippen LogP contribution in [0.15, 0.2) is 30.3 Å². The quantitative estimate of drug-likeness (QED) is 0.135. The zero-order valence-corrected chi connectivity index (χ0v) is 11.0. The van der Waals surface area contributed by atoms with E-state index in [0.29, 0.717) is 0 Å². The number of aliphatic hydroxyl groups excluding tert-OH is 4. The molecule has 1 aromatic carbocycles. The minimum Gasteiger partial charge on any atom is -0.423 e. The van der Waals surface area contributed by atoms with Gasteiger partial charge in [-0.05, 0) is 12.1 Å². The summed E-state index contributed by atoms with van der Waals surface area (Å²) in [4.78, 5) is 16.2. The van der Waals surface area contributed by atoms with Gasteiger partial charge in [-0.2, -0.15) is 0 Å². The maximum atomic E-state index is 12.0. The Hall–Kier alpha value is -1.59. The highest BCUT2D eigenvalue weighted by Gasteiger charge is 2.50. The van der Waals surface area contributed by atoms with Crippen LogP contribution in [0.5, 0.6) is 5.75 Å². The van der Waals surface area contributed by atoms with Gasteiger partial charge in [-0.1, -0.05) is 18.2 Å². The van der Waals surface area contributed by atoms with Gasteiger partial charge in [-0.3, -0.25) is 10.6 Å². The van der Waals surface area contributed by atoms with Crippen LogP contribution in [-0.4, -0.2) is 57.0 Å². The average Bonchev–Trinajstić information content (AvgIpc) is 2.52. The van der Waals surface area contributed by atoms with Crippen LogP contribution in [0.25, 0.3) is 0 Å². The molecule has 118 valence electrons. The number of ether oxygens (including phenoxy) is 1. The van der Waals surface area contributed by atoms with Gasteiger partial charge in [0.1, 0.15) is 24.1 Å². The van der Waals surface area contributed by atoms with Crippen LogP contribution in [0, 0.1) is 0 Å². The monoisotopic (exact) mass is 302 g/mol. The van der Waals surface area contributed by atoms with Crippen LogP contribution in [0.4, 0.5) is 0 Å². The largest absolute Gasteiger partial charge is 0.423 e. The number of aliphatic hydroxyl groups is 4. The van der Waals surface area contributed by atoms with Gasteiger partial charge < -0.3 is 25.2 Å². The van der Waals surface area contributed by atoms with E-state index in [1.165, 1.54) is 12.1 Å². The topological polar surface area (TPSA) is 168 Å². The molecule has 8 N–H and O–H groups in total. The number of esters is 1. The standard InChI is InChI=1S/C12H18N2O7/c13-12(21-14,10(18)9(17)8(16)6-15)11(19)20-7-4-2-1-3-5-7/h1-5,8-10,15-18H,6,13-14H2. The van der Waals surface area contributed by atoms with Crippen molar-refractivity contribution in [3.8, 4) is 5.75 Å². The van der Waals surface area contributed by atoms with Gasteiger partial charge in [-0.15, -0.1) is 0 Å². The molecule has 1 rings (SSSR count). The first kappa shape index (κ1) is 17.5. The van der Waals surface area contributed by atoms with E-state index in [2.05, 4.69) is 4.84 Å². The van der Waals surface area contributed by atoms with E-state index in [4.69, 9.17) is 21.5 Å². The molecule has 0 aromatic heterocycles. The molecule has 0 fully saturated rings. The molecule has 0 aliphatic rings. The van der Waals surface area contributed by atoms with E-state index in [9.17, 15) is 20.1 Å². The Balaban J connectivity index is 2.89. The van der Waals surface area contributed by atoms with Crippen molar-refractivity contribution in [2.45, 2.75) is 24.0 Å². The lowest BCUT2D eigenvalue weighted by molar-refractivity contribution is -0.202. The summed E-state index contributed by atoms with van der Waals surface area (Å²) in [6.07, 6.45) is -5.87. The number of rotatable bonds is 7. The van der Waals surface area contributed by atoms with Gasteiger partial charge >= 0.3 is 5.97 Å². The molecular formula is C12H18N2O7. The molecule has 1 aromatic rings. The van der Waals surface area contributed by atoms with Crippen molar-refractivity contribution >= 4 is 5.97 Å². The molecule has 0 heterocycles. The van der Waals surface area contributed by atoms with Crippen molar-refractivity contribution < 1.29 is 34.8 Å². The van der Waals surface area contributed by atoms with Crippen LogP contribution in [0.1, 0.15) is 0 Å². The summed E-state index contributed by atoms with van der Waals surface area (Å²) in [7, 11) is 0. The van der Waals surface area contributed by atoms with Crippen LogP contribution in [-0.2, 0) is 9.63 Å². The minimum absolute atomic E-state index is 0.110. The average molecular weight is 302 g/mol. The summed E-state index contributed by atoms with van der Waals surface area (Å²) in [6.45, 7) is -0.868. The second-order valence-electron chi connectivity index (χ2n) is 4.30. The Labute approximate surface area is 120 Å². The normalized spacial score (nSPS) is 18.4. The first-order valence-electron chi connectivity index (χ1n) is 5.96. The van der Waals surface area contributed by atoms with Gasteiger partial charge in [0.15, 0.2) is 0 Å². The molecule has 9 nitrogen and oxygen atoms in total. The minimum atomic E-state index is -2.63. The fourth-order valence-electron chi connectivity index (χ4n) is 1.49. The third-order valence-corrected chi connectivity index (χ3v) is 2.81. The summed E-state index contributed by atoms with van der Waals surface area (Å²) >= 11 is 0. The zero-order valence-electron chi connectivity index (χ0n) is 11.0. The predicted octanol–water partition coefficient (Wildman–Crippen LogP) is -2.79. The number of carbonyl (C=O) groups excluding carboxylic acids is 1. The van der Waals surface area contributed by atoms with E-state index >= 15 is 0 Å². The first-order chi connectivity index (χ1) is 9.86. The Bertz CT molecular complexity index is 458. The van der Waals surface area contributed by atoms with E-state index in [1.807, 2.05) is 0 Å². The molecule has 0 amide bonds. The maximum Gasteiger partial charge on any atom is 0.363 e. The highest BCUT2D eigenvalue weighted by atomic mass is 16.7. The Kier molecular flexibility index (Phi) is 6.18. The number of hydrogen-bond acceptors (Lipinski definition) is 9. The summed E-state index contributed by atoms with van der Waals surface area (Å²) < 4.78 is 4.87. The third kappa shape index (κ3) is 3.95. The molecule has 4 unspecified atom stereocenters. The van der Waals surface area contributed by atoms with E-state index in [0.717, 1.165) is 0 Å². The highest BCUT2D eigenvalue weighted by molar-refractivity contribution is 5.82. The SMILES string of the molecule is NOC(N)(C(=O)Oc1ccccc1)C(O)C(O)C(O)CO. The second-order valence-corrected chi connectivity index (χ2v) is 4.30. The summed E-state index contributed by atoms with van der Waals surface area (Å²) in [5.74, 6) is 3.73. The number of para-hydroxylation sites is 1. The van der Waals surface area contributed by atoms with Gasteiger partial charge in [0.05, 0.1) is 6.61 Å². The van der Waals surface area contributed by atoms with Crippen molar-refractivity contribution in [2.24, 2.45) is 11.6 Å². The van der Waals surface area contributed by atoms with Crippen molar-refractivity contribution in [2.75, 3.05) is 6.61 Å². The van der Waals surface area contributed by atoms with Gasteiger partial charge in [0.25, 0.3) is 5.72 Å². The molecule has 9 heteroatoms. The number of hydrogen-bond donors (Lipinski definition) is 6. The van der Waals surface area contributed by atoms with E-state index in [-0.39, 0.29) is 5.75 Å². The number of carbonyl (C=O) groups is 1. The lowest BCUT2D eigenvalue weighted by Gasteiger charge is -2.33. The van der Waals surface area contributed by atoms with Crippen molar-refractivity contribution in [1.29, 1.82) is 0 Å². The fourth-order valence-corrected chi connectivity index (χ4v) is 1.49. The third-order valence-electron chi connectivity index (χ3n) is 2.81. The predicted molar refractivity (Wildman–Crippen MR) is 69.4 cm³/mol. The molecule has 0 aliphatic carbocycles. The summed E-state index contributed by atoms with van der Waals surface area (Å²) in [6, 6.07) is 7.75. The molecule has 0 saturated carbocycles. The molecule has 0 saturated heterocycles. The van der Waals surface area contributed by atoms with Crippen LogP contribution in [0.2, 0.25) is 0 Å². The lowest BCUT2D eigenvalue weighted by Crippen LogP contribution is -2.67. The molecule has 0 spiro atoms. The van der Waals surface area contributed by atoms with Crippen molar-refractivity contribution in [3.05, 3.63) is 30.3 Å². The highest BCUT2D eigenvalue weighted by Crippen LogP contribution is 2.18.